The van der Waals surface area contributed by atoms with Crippen molar-refractivity contribution in [1.82, 2.24) is 0 Å². The topological polar surface area (TPSA) is 0 Å². The number of allylic oxidation sites excluding steroid dienone is 3. The van der Waals surface area contributed by atoms with Gasteiger partial charge in [0.1, 0.15) is 0 Å². The Bertz CT molecular complexity index is 391. The third-order valence-electron chi connectivity index (χ3n) is 2.25. The number of halogens is 3. The SMILES string of the molecule is C=CC(Br)c1cc(C(Br)C=C)c(C(Br)C=C)s1. The molecule has 0 bridgehead atoms. The summed E-state index contributed by atoms with van der Waals surface area (Å²) in [4.78, 5) is 3.01. The molecule has 1 aromatic heterocycles. The van der Waals surface area contributed by atoms with E-state index < -0.39 is 0 Å². The van der Waals surface area contributed by atoms with E-state index in [-0.39, 0.29) is 14.5 Å². The van der Waals surface area contributed by atoms with E-state index in [0.717, 1.165) is 0 Å². The summed E-state index contributed by atoms with van der Waals surface area (Å²) in [6.45, 7) is 11.4. The molecule has 0 radical (unpaired) electrons. The molecular formula is C13H13Br3S. The molecule has 17 heavy (non-hydrogen) atoms. The lowest BCUT2D eigenvalue weighted by molar-refractivity contribution is 1.18. The van der Waals surface area contributed by atoms with E-state index in [1.807, 2.05) is 18.2 Å². The van der Waals surface area contributed by atoms with Crippen LogP contribution in [-0.2, 0) is 0 Å². The maximum Gasteiger partial charge on any atom is 0.0669 e. The first-order chi connectivity index (χ1) is 8.04. The predicted octanol–water partition coefficient (Wildman–Crippen LogP) is 6.61. The van der Waals surface area contributed by atoms with Crippen LogP contribution < -0.4 is 0 Å². The summed E-state index contributed by atoms with van der Waals surface area (Å²) in [6.07, 6.45) is 5.65. The Labute approximate surface area is 132 Å². The summed E-state index contributed by atoms with van der Waals surface area (Å²) in [7, 11) is 0. The molecule has 3 unspecified atom stereocenters. The maximum absolute atomic E-state index is 3.82. The zero-order valence-corrected chi connectivity index (χ0v) is 14.8. The number of thiophene rings is 1. The summed E-state index contributed by atoms with van der Waals surface area (Å²) in [6, 6.07) is 2.18. The van der Waals surface area contributed by atoms with Gasteiger partial charge in [-0.2, -0.15) is 0 Å². The highest BCUT2D eigenvalue weighted by Crippen LogP contribution is 2.43. The van der Waals surface area contributed by atoms with Crippen molar-refractivity contribution in [3.8, 4) is 0 Å². The van der Waals surface area contributed by atoms with E-state index in [1.54, 1.807) is 11.3 Å². The van der Waals surface area contributed by atoms with Crippen LogP contribution in [0.5, 0.6) is 0 Å². The van der Waals surface area contributed by atoms with Gasteiger partial charge in [-0.3, -0.25) is 0 Å². The zero-order valence-electron chi connectivity index (χ0n) is 9.20. The molecule has 1 aromatic rings. The van der Waals surface area contributed by atoms with E-state index in [0.29, 0.717) is 0 Å². The predicted molar refractivity (Wildman–Crippen MR) is 89.9 cm³/mol. The molecule has 0 aliphatic heterocycles. The highest BCUT2D eigenvalue weighted by Gasteiger charge is 2.20. The summed E-state index contributed by atoms with van der Waals surface area (Å²) in [5, 5.41) is 0. The molecule has 0 N–H and O–H groups in total. The van der Waals surface area contributed by atoms with Crippen molar-refractivity contribution >= 4 is 59.1 Å². The van der Waals surface area contributed by atoms with Crippen molar-refractivity contribution in [2.24, 2.45) is 0 Å². The largest absolute Gasteiger partial charge is 0.142 e. The van der Waals surface area contributed by atoms with E-state index in [9.17, 15) is 0 Å². The fourth-order valence-electron chi connectivity index (χ4n) is 1.36. The fourth-order valence-corrected chi connectivity index (χ4v) is 4.01. The summed E-state index contributed by atoms with van der Waals surface area (Å²) >= 11 is 12.6. The first kappa shape index (κ1) is 15.4. The van der Waals surface area contributed by atoms with Gasteiger partial charge in [-0.15, -0.1) is 31.1 Å². The molecule has 3 atom stereocenters. The Balaban J connectivity index is 3.24. The van der Waals surface area contributed by atoms with Crippen molar-refractivity contribution in [1.29, 1.82) is 0 Å². The quantitative estimate of drug-likeness (QED) is 0.344. The molecule has 0 saturated heterocycles. The van der Waals surface area contributed by atoms with Crippen LogP contribution in [0, 0.1) is 0 Å². The van der Waals surface area contributed by atoms with Gasteiger partial charge in [0.2, 0.25) is 0 Å². The summed E-state index contributed by atoms with van der Waals surface area (Å²) < 4.78 is 0. The van der Waals surface area contributed by atoms with Crippen LogP contribution in [0.3, 0.4) is 0 Å². The van der Waals surface area contributed by atoms with Gasteiger partial charge in [0.15, 0.2) is 0 Å². The molecule has 0 amide bonds. The molecule has 1 heterocycles. The van der Waals surface area contributed by atoms with Crippen molar-refractivity contribution in [3.63, 3.8) is 0 Å². The second-order valence-corrected chi connectivity index (χ2v) is 7.46. The maximum atomic E-state index is 3.82. The molecule has 0 aliphatic rings. The van der Waals surface area contributed by atoms with Gasteiger partial charge in [-0.1, -0.05) is 66.0 Å². The van der Waals surface area contributed by atoms with Crippen molar-refractivity contribution in [2.45, 2.75) is 14.5 Å². The smallest absolute Gasteiger partial charge is 0.0669 e. The van der Waals surface area contributed by atoms with E-state index in [1.165, 1.54) is 15.3 Å². The molecule has 0 saturated carbocycles. The molecular weight excluding hydrogens is 428 g/mol. The molecule has 92 valence electrons. The molecule has 4 heteroatoms. The number of hydrogen-bond donors (Lipinski definition) is 0. The van der Waals surface area contributed by atoms with Gasteiger partial charge in [0.25, 0.3) is 0 Å². The third-order valence-corrected chi connectivity index (χ3v) is 6.74. The van der Waals surface area contributed by atoms with Crippen molar-refractivity contribution in [2.75, 3.05) is 0 Å². The molecule has 1 rings (SSSR count). The first-order valence-corrected chi connectivity index (χ1v) is 8.54. The van der Waals surface area contributed by atoms with Gasteiger partial charge < -0.3 is 0 Å². The average molecular weight is 441 g/mol. The van der Waals surface area contributed by atoms with Crippen molar-refractivity contribution in [3.05, 3.63) is 59.3 Å². The van der Waals surface area contributed by atoms with Crippen LogP contribution in [0.15, 0.2) is 44.0 Å². The van der Waals surface area contributed by atoms with Crippen molar-refractivity contribution < 1.29 is 0 Å². The number of alkyl halides is 3. The fraction of sp³-hybridized carbons (Fsp3) is 0.231. The monoisotopic (exact) mass is 438 g/mol. The molecule has 0 aliphatic carbocycles. The number of hydrogen-bond acceptors (Lipinski definition) is 1. The minimum absolute atomic E-state index is 0.159. The Morgan fingerprint density at radius 2 is 1.47 bits per heavy atom. The Hall–Kier alpha value is 0.360. The minimum atomic E-state index is 0.159. The lowest BCUT2D eigenvalue weighted by atomic mass is 10.1. The first-order valence-electron chi connectivity index (χ1n) is 4.98. The minimum Gasteiger partial charge on any atom is -0.142 e. The summed E-state index contributed by atoms with van der Waals surface area (Å²) in [5.41, 5.74) is 1.23. The zero-order chi connectivity index (χ0) is 13.0. The van der Waals surface area contributed by atoms with E-state index in [4.69, 9.17) is 0 Å². The van der Waals surface area contributed by atoms with Crippen LogP contribution in [0.25, 0.3) is 0 Å². The van der Waals surface area contributed by atoms with Gasteiger partial charge in [-0.25, -0.2) is 0 Å². The van der Waals surface area contributed by atoms with Gasteiger partial charge in [0.05, 0.1) is 14.5 Å². The van der Waals surface area contributed by atoms with Crippen LogP contribution in [0.2, 0.25) is 0 Å². The van der Waals surface area contributed by atoms with E-state index in [2.05, 4.69) is 73.6 Å². The second-order valence-electron chi connectivity index (χ2n) is 3.38. The highest BCUT2D eigenvalue weighted by molar-refractivity contribution is 9.09. The Morgan fingerprint density at radius 1 is 0.941 bits per heavy atom. The normalized spacial score (nSPS) is 15.9. The molecule has 0 spiro atoms. The lowest BCUT2D eigenvalue weighted by Gasteiger charge is -2.08. The van der Waals surface area contributed by atoms with Crippen LogP contribution >= 0.6 is 59.1 Å². The van der Waals surface area contributed by atoms with Gasteiger partial charge in [0, 0.05) is 9.75 Å². The third kappa shape index (κ3) is 3.66. The van der Waals surface area contributed by atoms with Crippen LogP contribution in [-0.4, -0.2) is 0 Å². The second kappa shape index (κ2) is 7.07. The standard InChI is InChI=1S/C13H13Br3S/c1-4-9(14)8-7-12(10(15)5-2)17-13(8)11(16)6-3/h4-7,9-11H,1-3H2. The average Bonchev–Trinajstić information content (AvgIpc) is 2.80. The Kier molecular flexibility index (Phi) is 6.41. The summed E-state index contributed by atoms with van der Waals surface area (Å²) in [5.74, 6) is 0. The van der Waals surface area contributed by atoms with E-state index >= 15 is 0 Å². The molecule has 0 nitrogen and oxygen atoms in total. The highest BCUT2D eigenvalue weighted by atomic mass is 79.9. The van der Waals surface area contributed by atoms with Crippen LogP contribution in [0.4, 0.5) is 0 Å². The van der Waals surface area contributed by atoms with Gasteiger partial charge in [-0.05, 0) is 11.6 Å². The lowest BCUT2D eigenvalue weighted by Crippen LogP contribution is -1.89. The van der Waals surface area contributed by atoms with Crippen LogP contribution in [0.1, 0.15) is 29.8 Å². The molecule has 0 aromatic carbocycles. The molecule has 0 fully saturated rings. The van der Waals surface area contributed by atoms with Gasteiger partial charge >= 0.3 is 0 Å². The number of rotatable bonds is 6. The Morgan fingerprint density at radius 3 is 1.94 bits per heavy atom.